The maximum Gasteiger partial charge on any atom is 0.270 e. The zero-order valence-corrected chi connectivity index (χ0v) is 10.6. The standard InChI is InChI=1S/C14H10N2O4/c1-14(16(19)20)12-5-3-2-4-10(12)11-7-6-9(15(17)18)8-13(11)14/h2-8H,1H3/t14-/m1/s1. The normalized spacial score (nSPS) is 19.2. The van der Waals surface area contributed by atoms with Crippen molar-refractivity contribution in [2.24, 2.45) is 0 Å². The monoisotopic (exact) mass is 270 g/mol. The van der Waals surface area contributed by atoms with Gasteiger partial charge in [0, 0.05) is 35.1 Å². The molecule has 6 nitrogen and oxygen atoms in total. The number of rotatable bonds is 2. The molecular weight excluding hydrogens is 260 g/mol. The van der Waals surface area contributed by atoms with Crippen LogP contribution in [0.1, 0.15) is 18.1 Å². The van der Waals surface area contributed by atoms with Gasteiger partial charge in [-0.2, -0.15) is 0 Å². The number of non-ortho nitro benzene ring substituents is 1. The molecule has 0 saturated carbocycles. The third-order valence-corrected chi connectivity index (χ3v) is 3.85. The van der Waals surface area contributed by atoms with Crippen molar-refractivity contribution in [1.29, 1.82) is 0 Å². The minimum Gasteiger partial charge on any atom is -0.263 e. The molecule has 1 atom stereocenters. The molecule has 0 spiro atoms. The summed E-state index contributed by atoms with van der Waals surface area (Å²) >= 11 is 0. The van der Waals surface area contributed by atoms with Crippen molar-refractivity contribution in [2.75, 3.05) is 0 Å². The van der Waals surface area contributed by atoms with Gasteiger partial charge < -0.3 is 0 Å². The molecule has 6 heteroatoms. The fourth-order valence-electron chi connectivity index (χ4n) is 2.77. The van der Waals surface area contributed by atoms with Gasteiger partial charge >= 0.3 is 0 Å². The van der Waals surface area contributed by atoms with E-state index in [1.54, 1.807) is 30.3 Å². The summed E-state index contributed by atoms with van der Waals surface area (Å²) in [5.74, 6) is 0. The number of hydrogen-bond donors (Lipinski definition) is 0. The second kappa shape index (κ2) is 3.86. The Morgan fingerprint density at radius 1 is 0.950 bits per heavy atom. The van der Waals surface area contributed by atoms with E-state index in [2.05, 4.69) is 0 Å². The van der Waals surface area contributed by atoms with Gasteiger partial charge in [-0.15, -0.1) is 0 Å². The van der Waals surface area contributed by atoms with Crippen LogP contribution in [0.15, 0.2) is 42.5 Å². The first-order chi connectivity index (χ1) is 9.46. The molecule has 0 fully saturated rings. The second-order valence-electron chi connectivity index (χ2n) is 4.86. The minimum atomic E-state index is -1.45. The van der Waals surface area contributed by atoms with Crippen molar-refractivity contribution in [3.05, 3.63) is 73.8 Å². The third-order valence-electron chi connectivity index (χ3n) is 3.85. The molecule has 2 aromatic carbocycles. The van der Waals surface area contributed by atoms with Crippen molar-refractivity contribution in [3.8, 4) is 11.1 Å². The number of benzene rings is 2. The molecule has 0 aromatic heterocycles. The van der Waals surface area contributed by atoms with Crippen LogP contribution in [0.25, 0.3) is 11.1 Å². The van der Waals surface area contributed by atoms with Gasteiger partial charge in [0.05, 0.1) is 4.92 Å². The molecule has 20 heavy (non-hydrogen) atoms. The Morgan fingerprint density at radius 2 is 1.60 bits per heavy atom. The molecule has 2 aromatic rings. The zero-order valence-electron chi connectivity index (χ0n) is 10.6. The molecule has 0 heterocycles. The Morgan fingerprint density at radius 3 is 2.25 bits per heavy atom. The van der Waals surface area contributed by atoms with E-state index >= 15 is 0 Å². The number of nitro groups is 2. The quantitative estimate of drug-likeness (QED) is 0.619. The molecule has 0 unspecified atom stereocenters. The Kier molecular flexibility index (Phi) is 2.37. The highest BCUT2D eigenvalue weighted by Gasteiger charge is 2.50. The van der Waals surface area contributed by atoms with Gasteiger partial charge in [-0.3, -0.25) is 20.2 Å². The lowest BCUT2D eigenvalue weighted by atomic mass is 9.90. The van der Waals surface area contributed by atoms with Crippen molar-refractivity contribution in [2.45, 2.75) is 12.5 Å². The van der Waals surface area contributed by atoms with Crippen LogP contribution in [0.3, 0.4) is 0 Å². The van der Waals surface area contributed by atoms with E-state index in [1.807, 2.05) is 0 Å². The van der Waals surface area contributed by atoms with Crippen molar-refractivity contribution in [3.63, 3.8) is 0 Å². The minimum absolute atomic E-state index is 0.135. The molecule has 1 aliphatic rings. The van der Waals surface area contributed by atoms with E-state index in [9.17, 15) is 20.2 Å². The molecule has 0 radical (unpaired) electrons. The molecule has 100 valence electrons. The van der Waals surface area contributed by atoms with Gasteiger partial charge in [-0.05, 0) is 17.2 Å². The summed E-state index contributed by atoms with van der Waals surface area (Å²) < 4.78 is 0. The van der Waals surface area contributed by atoms with Crippen LogP contribution in [-0.4, -0.2) is 9.85 Å². The largest absolute Gasteiger partial charge is 0.270 e. The van der Waals surface area contributed by atoms with Crippen molar-refractivity contribution >= 4 is 5.69 Å². The zero-order chi connectivity index (χ0) is 14.5. The van der Waals surface area contributed by atoms with Crippen molar-refractivity contribution in [1.82, 2.24) is 0 Å². The second-order valence-corrected chi connectivity index (χ2v) is 4.86. The molecule has 0 N–H and O–H groups in total. The topological polar surface area (TPSA) is 86.3 Å². The number of nitrogens with zero attached hydrogens (tertiary/aromatic N) is 2. The fourth-order valence-corrected chi connectivity index (χ4v) is 2.77. The van der Waals surface area contributed by atoms with Crippen LogP contribution >= 0.6 is 0 Å². The lowest BCUT2D eigenvalue weighted by Gasteiger charge is -2.17. The van der Waals surface area contributed by atoms with Gasteiger partial charge in [0.15, 0.2) is 0 Å². The number of fused-ring (bicyclic) bond motifs is 3. The molecule has 3 rings (SSSR count). The van der Waals surface area contributed by atoms with E-state index in [-0.39, 0.29) is 10.6 Å². The summed E-state index contributed by atoms with van der Waals surface area (Å²) in [4.78, 5) is 21.5. The molecule has 0 aliphatic heterocycles. The number of nitro benzene ring substituents is 1. The third kappa shape index (κ3) is 1.38. The summed E-state index contributed by atoms with van der Waals surface area (Å²) in [6.07, 6.45) is 0. The van der Waals surface area contributed by atoms with Crippen LogP contribution in [0.2, 0.25) is 0 Å². The Bertz CT molecular complexity index is 757. The molecule has 0 bridgehead atoms. The Hall–Kier alpha value is -2.76. The molecule has 1 aliphatic carbocycles. The highest BCUT2D eigenvalue weighted by atomic mass is 16.6. The molecule has 0 saturated heterocycles. The summed E-state index contributed by atoms with van der Waals surface area (Å²) in [5.41, 5.74) is 0.808. The van der Waals surface area contributed by atoms with Crippen LogP contribution in [0.5, 0.6) is 0 Å². The Balaban J connectivity index is 2.37. The average Bonchev–Trinajstić information content (AvgIpc) is 2.70. The van der Waals surface area contributed by atoms with Gasteiger partial charge in [0.1, 0.15) is 0 Å². The van der Waals surface area contributed by atoms with Gasteiger partial charge in [0.2, 0.25) is 0 Å². The highest BCUT2D eigenvalue weighted by Crippen LogP contribution is 2.49. The Labute approximate surface area is 114 Å². The highest BCUT2D eigenvalue weighted by molar-refractivity contribution is 5.80. The summed E-state index contributed by atoms with van der Waals surface area (Å²) in [5, 5.41) is 22.5. The van der Waals surface area contributed by atoms with Gasteiger partial charge in [-0.1, -0.05) is 24.3 Å². The SMILES string of the molecule is C[C@@]1([N+](=O)[O-])c2ccccc2-c2ccc([N+](=O)[O-])cc21. The first-order valence-corrected chi connectivity index (χ1v) is 5.99. The predicted octanol–water partition coefficient (Wildman–Crippen LogP) is 3.12. The fraction of sp³-hybridized carbons (Fsp3) is 0.143. The van der Waals surface area contributed by atoms with Crippen LogP contribution in [0.4, 0.5) is 5.69 Å². The first-order valence-electron chi connectivity index (χ1n) is 5.99. The van der Waals surface area contributed by atoms with Crippen LogP contribution in [0, 0.1) is 20.2 Å². The average molecular weight is 270 g/mol. The van der Waals surface area contributed by atoms with E-state index in [1.165, 1.54) is 19.1 Å². The first kappa shape index (κ1) is 12.3. The van der Waals surface area contributed by atoms with Crippen LogP contribution in [-0.2, 0) is 5.54 Å². The maximum atomic E-state index is 11.6. The lowest BCUT2D eigenvalue weighted by molar-refractivity contribution is -0.560. The van der Waals surface area contributed by atoms with Crippen molar-refractivity contribution < 1.29 is 9.85 Å². The van der Waals surface area contributed by atoms with E-state index in [0.29, 0.717) is 16.7 Å². The predicted molar refractivity (Wildman–Crippen MR) is 72.0 cm³/mol. The molecule has 0 amide bonds. The summed E-state index contributed by atoms with van der Waals surface area (Å²) in [6, 6.07) is 11.3. The van der Waals surface area contributed by atoms with Gasteiger partial charge in [-0.25, -0.2) is 0 Å². The van der Waals surface area contributed by atoms with Gasteiger partial charge in [0.25, 0.3) is 11.2 Å². The van der Waals surface area contributed by atoms with E-state index in [0.717, 1.165) is 5.56 Å². The summed E-state index contributed by atoms with van der Waals surface area (Å²) in [6.45, 7) is 1.49. The lowest BCUT2D eigenvalue weighted by Crippen LogP contribution is -2.30. The summed E-state index contributed by atoms with van der Waals surface area (Å²) in [7, 11) is 0. The van der Waals surface area contributed by atoms with Crippen LogP contribution < -0.4 is 0 Å². The smallest absolute Gasteiger partial charge is 0.263 e. The maximum absolute atomic E-state index is 11.6. The number of hydrogen-bond acceptors (Lipinski definition) is 4. The van der Waals surface area contributed by atoms with E-state index in [4.69, 9.17) is 0 Å². The molecular formula is C14H10N2O4. The van der Waals surface area contributed by atoms with E-state index < -0.39 is 10.5 Å².